The molecular weight excluding hydrogens is 326 g/mol. The van der Waals surface area contributed by atoms with Crippen molar-refractivity contribution < 1.29 is 0 Å². The molecule has 114 valence electrons. The molecule has 0 aliphatic heterocycles. The molecule has 3 nitrogen and oxygen atoms in total. The maximum absolute atomic E-state index is 4.86. The summed E-state index contributed by atoms with van der Waals surface area (Å²) in [4.78, 5) is 0. The van der Waals surface area contributed by atoms with Crippen molar-refractivity contribution >= 4 is 15.9 Å². The molecular formula is C17H24BrN3. The van der Waals surface area contributed by atoms with Gasteiger partial charge in [0, 0.05) is 10.2 Å². The van der Waals surface area contributed by atoms with Gasteiger partial charge in [0.2, 0.25) is 0 Å². The van der Waals surface area contributed by atoms with Gasteiger partial charge in [-0.1, -0.05) is 48.0 Å². The third-order valence-electron chi connectivity index (χ3n) is 3.82. The minimum atomic E-state index is 0.831. The molecule has 1 aromatic heterocycles. The molecule has 0 unspecified atom stereocenters. The minimum Gasteiger partial charge on any atom is -0.319 e. The average Bonchev–Trinajstić information content (AvgIpc) is 2.84. The van der Waals surface area contributed by atoms with Crippen LogP contribution < -0.4 is 5.32 Å². The van der Waals surface area contributed by atoms with Gasteiger partial charge in [-0.05, 0) is 50.0 Å². The molecule has 0 fully saturated rings. The molecule has 0 atom stereocenters. The normalized spacial score (nSPS) is 11.0. The number of hydrogen-bond donors (Lipinski definition) is 1. The summed E-state index contributed by atoms with van der Waals surface area (Å²) in [6, 6.07) is 8.38. The quantitative estimate of drug-likeness (QED) is 0.827. The van der Waals surface area contributed by atoms with Crippen molar-refractivity contribution in [2.75, 3.05) is 13.6 Å². The fraction of sp³-hybridized carbons (Fsp3) is 0.471. The zero-order valence-corrected chi connectivity index (χ0v) is 14.7. The highest BCUT2D eigenvalue weighted by Gasteiger charge is 2.15. The van der Waals surface area contributed by atoms with E-state index >= 15 is 0 Å². The van der Waals surface area contributed by atoms with Crippen molar-refractivity contribution in [3.8, 4) is 0 Å². The first-order chi connectivity index (χ1) is 10.2. The summed E-state index contributed by atoms with van der Waals surface area (Å²) in [5.41, 5.74) is 5.32. The largest absolute Gasteiger partial charge is 0.319 e. The van der Waals surface area contributed by atoms with Crippen molar-refractivity contribution in [1.82, 2.24) is 15.1 Å². The molecule has 0 spiro atoms. The Morgan fingerprint density at radius 1 is 1.19 bits per heavy atom. The number of rotatable bonds is 7. The molecule has 0 saturated heterocycles. The highest BCUT2D eigenvalue weighted by atomic mass is 79.9. The zero-order valence-electron chi connectivity index (χ0n) is 13.1. The maximum Gasteiger partial charge on any atom is 0.0673 e. The first-order valence-corrected chi connectivity index (χ1v) is 8.45. The molecule has 4 heteroatoms. The van der Waals surface area contributed by atoms with Gasteiger partial charge in [-0.3, -0.25) is 4.68 Å². The smallest absolute Gasteiger partial charge is 0.0673 e. The van der Waals surface area contributed by atoms with E-state index < -0.39 is 0 Å². The Morgan fingerprint density at radius 2 is 1.95 bits per heavy atom. The molecule has 0 saturated carbocycles. The fourth-order valence-corrected chi connectivity index (χ4v) is 3.14. The number of nitrogens with one attached hydrogen (secondary N) is 1. The summed E-state index contributed by atoms with van der Waals surface area (Å²) < 4.78 is 3.33. The summed E-state index contributed by atoms with van der Waals surface area (Å²) in [5.74, 6) is 0. The number of nitrogens with zero attached hydrogens (tertiary/aromatic N) is 2. The highest BCUT2D eigenvalue weighted by Crippen LogP contribution is 2.21. The van der Waals surface area contributed by atoms with Crippen molar-refractivity contribution in [2.45, 2.75) is 39.7 Å². The zero-order chi connectivity index (χ0) is 15.2. The van der Waals surface area contributed by atoms with Crippen LogP contribution in [0, 0.1) is 0 Å². The lowest BCUT2D eigenvalue weighted by Gasteiger charge is -2.09. The second-order valence-electron chi connectivity index (χ2n) is 5.18. The lowest BCUT2D eigenvalue weighted by atomic mass is 10.1. The molecule has 2 aromatic rings. The Kier molecular flexibility index (Phi) is 6.00. The van der Waals surface area contributed by atoms with Gasteiger partial charge in [-0.15, -0.1) is 0 Å². The van der Waals surface area contributed by atoms with Crippen LogP contribution in [0.25, 0.3) is 0 Å². The van der Waals surface area contributed by atoms with E-state index in [2.05, 4.69) is 58.0 Å². The van der Waals surface area contributed by atoms with E-state index in [0.717, 1.165) is 36.8 Å². The van der Waals surface area contributed by atoms with Crippen LogP contribution in [-0.4, -0.2) is 23.4 Å². The van der Waals surface area contributed by atoms with Gasteiger partial charge in [-0.25, -0.2) is 0 Å². The third-order valence-corrected chi connectivity index (χ3v) is 4.60. The van der Waals surface area contributed by atoms with Crippen LogP contribution in [0.4, 0.5) is 0 Å². The topological polar surface area (TPSA) is 29.9 Å². The standard InChI is InChI=1S/C17H24BrN3/c1-4-16-14(10-11-19-3)17(5-2)21(20-16)12-13-8-6-7-9-15(13)18/h6-9,19H,4-5,10-12H2,1-3H3. The highest BCUT2D eigenvalue weighted by molar-refractivity contribution is 9.10. The molecule has 0 aliphatic rings. The van der Waals surface area contributed by atoms with E-state index in [1.165, 1.54) is 22.5 Å². The maximum atomic E-state index is 4.86. The van der Waals surface area contributed by atoms with Gasteiger partial charge in [0.15, 0.2) is 0 Å². The van der Waals surface area contributed by atoms with Crippen LogP contribution >= 0.6 is 15.9 Å². The van der Waals surface area contributed by atoms with Gasteiger partial charge in [0.1, 0.15) is 0 Å². The minimum absolute atomic E-state index is 0.831. The van der Waals surface area contributed by atoms with E-state index in [0.29, 0.717) is 0 Å². The fourth-order valence-electron chi connectivity index (χ4n) is 2.73. The molecule has 21 heavy (non-hydrogen) atoms. The van der Waals surface area contributed by atoms with Crippen molar-refractivity contribution in [1.29, 1.82) is 0 Å². The Labute approximate surface area is 135 Å². The second kappa shape index (κ2) is 7.76. The molecule has 0 radical (unpaired) electrons. The third kappa shape index (κ3) is 3.74. The van der Waals surface area contributed by atoms with Crippen LogP contribution in [-0.2, 0) is 25.8 Å². The Balaban J connectivity index is 2.35. The Morgan fingerprint density at radius 3 is 2.57 bits per heavy atom. The van der Waals surface area contributed by atoms with Gasteiger partial charge in [-0.2, -0.15) is 5.10 Å². The van der Waals surface area contributed by atoms with Gasteiger partial charge < -0.3 is 5.32 Å². The molecule has 0 amide bonds. The first kappa shape index (κ1) is 16.2. The van der Waals surface area contributed by atoms with E-state index in [4.69, 9.17) is 5.10 Å². The van der Waals surface area contributed by atoms with Crippen LogP contribution in [0.1, 0.15) is 36.4 Å². The Hall–Kier alpha value is -1.13. The summed E-state index contributed by atoms with van der Waals surface area (Å²) in [6.07, 6.45) is 3.07. The number of aromatic nitrogens is 2. The van der Waals surface area contributed by atoms with E-state index in [9.17, 15) is 0 Å². The van der Waals surface area contributed by atoms with Gasteiger partial charge in [0.25, 0.3) is 0 Å². The second-order valence-corrected chi connectivity index (χ2v) is 6.04. The molecule has 1 heterocycles. The number of likely N-dealkylation sites (N-methyl/N-ethyl adjacent to an activating group) is 1. The van der Waals surface area contributed by atoms with E-state index in [-0.39, 0.29) is 0 Å². The molecule has 2 rings (SSSR count). The average molecular weight is 350 g/mol. The summed E-state index contributed by atoms with van der Waals surface area (Å²) in [7, 11) is 2.00. The SMILES string of the molecule is CCc1nn(Cc2ccccc2Br)c(CC)c1CCNC. The van der Waals surface area contributed by atoms with Crippen LogP contribution in [0.3, 0.4) is 0 Å². The lowest BCUT2D eigenvalue weighted by Crippen LogP contribution is -2.12. The van der Waals surface area contributed by atoms with E-state index in [1.54, 1.807) is 0 Å². The van der Waals surface area contributed by atoms with Gasteiger partial charge >= 0.3 is 0 Å². The van der Waals surface area contributed by atoms with Crippen LogP contribution in [0.2, 0.25) is 0 Å². The first-order valence-electron chi connectivity index (χ1n) is 7.66. The van der Waals surface area contributed by atoms with Crippen LogP contribution in [0.15, 0.2) is 28.7 Å². The molecule has 1 N–H and O–H groups in total. The monoisotopic (exact) mass is 349 g/mol. The summed E-state index contributed by atoms with van der Waals surface area (Å²) in [5, 5.41) is 8.10. The van der Waals surface area contributed by atoms with Crippen molar-refractivity contribution in [3.05, 3.63) is 51.3 Å². The van der Waals surface area contributed by atoms with E-state index in [1.807, 2.05) is 13.1 Å². The van der Waals surface area contributed by atoms with Crippen LogP contribution in [0.5, 0.6) is 0 Å². The predicted molar refractivity (Wildman–Crippen MR) is 91.9 cm³/mol. The summed E-state index contributed by atoms with van der Waals surface area (Å²) >= 11 is 3.63. The predicted octanol–water partition coefficient (Wildman–Crippen LogP) is 3.58. The van der Waals surface area contributed by atoms with Gasteiger partial charge in [0.05, 0.1) is 12.2 Å². The van der Waals surface area contributed by atoms with Crippen molar-refractivity contribution in [2.24, 2.45) is 0 Å². The number of halogens is 1. The molecule has 1 aromatic carbocycles. The molecule has 0 aliphatic carbocycles. The number of aryl methyl sites for hydroxylation is 1. The number of benzene rings is 1. The lowest BCUT2D eigenvalue weighted by molar-refractivity contribution is 0.637. The Bertz CT molecular complexity index is 590. The van der Waals surface area contributed by atoms with Crippen molar-refractivity contribution in [3.63, 3.8) is 0 Å². The number of hydrogen-bond acceptors (Lipinski definition) is 2. The molecule has 0 bridgehead atoms. The summed E-state index contributed by atoms with van der Waals surface area (Å²) in [6.45, 7) is 6.24.